The summed E-state index contributed by atoms with van der Waals surface area (Å²) in [6, 6.07) is 18.3. The number of rotatable bonds is 7. The number of hydrogen-bond donors (Lipinski definition) is 3. The highest BCUT2D eigenvalue weighted by atomic mass is 16.1. The molecule has 6 nitrogen and oxygen atoms in total. The van der Waals surface area contributed by atoms with E-state index in [0.29, 0.717) is 12.0 Å². The van der Waals surface area contributed by atoms with E-state index < -0.39 is 11.8 Å². The molecular formula is C27H30N4O2. The number of nitrogens with two attached hydrogens (primary N) is 2. The average molecular weight is 443 g/mol. The molecule has 1 aliphatic heterocycles. The van der Waals surface area contributed by atoms with Crippen molar-refractivity contribution in [1.82, 2.24) is 10.3 Å². The SMILES string of the molecule is Cc1ccc(Cc2ccc(C(N)=O)nc2C(N)=O)cc1-c1cccc(CC2CCNCC2)c1. The lowest BCUT2D eigenvalue weighted by Gasteiger charge is -2.22. The van der Waals surface area contributed by atoms with Crippen LogP contribution >= 0.6 is 0 Å². The number of aromatic nitrogens is 1. The molecule has 0 aliphatic carbocycles. The van der Waals surface area contributed by atoms with Gasteiger partial charge >= 0.3 is 0 Å². The highest BCUT2D eigenvalue weighted by Gasteiger charge is 2.16. The second-order valence-corrected chi connectivity index (χ2v) is 8.86. The molecule has 1 saturated heterocycles. The van der Waals surface area contributed by atoms with E-state index in [1.165, 1.54) is 41.2 Å². The zero-order valence-electron chi connectivity index (χ0n) is 18.9. The molecule has 0 radical (unpaired) electrons. The van der Waals surface area contributed by atoms with Gasteiger partial charge in [-0.15, -0.1) is 0 Å². The number of hydrogen-bond acceptors (Lipinski definition) is 4. The number of carbonyl (C=O) groups is 2. The number of pyridine rings is 1. The van der Waals surface area contributed by atoms with Crippen LogP contribution in [0, 0.1) is 12.8 Å². The minimum atomic E-state index is -0.689. The Morgan fingerprint density at radius 2 is 1.76 bits per heavy atom. The molecule has 1 fully saturated rings. The zero-order valence-corrected chi connectivity index (χ0v) is 18.9. The van der Waals surface area contributed by atoms with Crippen molar-refractivity contribution in [3.8, 4) is 11.1 Å². The molecule has 0 saturated carbocycles. The third-order valence-corrected chi connectivity index (χ3v) is 6.38. The van der Waals surface area contributed by atoms with E-state index in [0.717, 1.165) is 31.0 Å². The molecular weight excluding hydrogens is 412 g/mol. The van der Waals surface area contributed by atoms with E-state index in [9.17, 15) is 9.59 Å². The number of nitrogens with zero attached hydrogens (tertiary/aromatic N) is 1. The van der Waals surface area contributed by atoms with Crippen molar-refractivity contribution < 1.29 is 9.59 Å². The van der Waals surface area contributed by atoms with Crippen molar-refractivity contribution in [2.24, 2.45) is 17.4 Å². The van der Waals surface area contributed by atoms with Crippen LogP contribution in [-0.2, 0) is 12.8 Å². The summed E-state index contributed by atoms with van der Waals surface area (Å²) in [7, 11) is 0. The van der Waals surface area contributed by atoms with Crippen molar-refractivity contribution in [2.75, 3.05) is 13.1 Å². The van der Waals surface area contributed by atoms with E-state index in [4.69, 9.17) is 11.5 Å². The summed E-state index contributed by atoms with van der Waals surface area (Å²) < 4.78 is 0. The number of aryl methyl sites for hydroxylation is 1. The fourth-order valence-electron chi connectivity index (χ4n) is 4.58. The molecule has 2 aromatic carbocycles. The van der Waals surface area contributed by atoms with Crippen molar-refractivity contribution in [3.63, 3.8) is 0 Å². The maximum absolute atomic E-state index is 11.9. The smallest absolute Gasteiger partial charge is 0.267 e. The van der Waals surface area contributed by atoms with Gasteiger partial charge in [-0.25, -0.2) is 4.98 Å². The number of carbonyl (C=O) groups excluding carboxylic acids is 2. The molecule has 1 aromatic heterocycles. The van der Waals surface area contributed by atoms with Crippen LogP contribution < -0.4 is 16.8 Å². The van der Waals surface area contributed by atoms with Gasteiger partial charge in [0.25, 0.3) is 11.8 Å². The molecule has 2 amide bonds. The Morgan fingerprint density at radius 3 is 2.48 bits per heavy atom. The zero-order chi connectivity index (χ0) is 23.4. The molecule has 170 valence electrons. The Labute approximate surface area is 194 Å². The average Bonchev–Trinajstić information content (AvgIpc) is 2.81. The van der Waals surface area contributed by atoms with Gasteiger partial charge in [0.1, 0.15) is 11.4 Å². The third kappa shape index (κ3) is 5.46. The van der Waals surface area contributed by atoms with E-state index in [-0.39, 0.29) is 11.4 Å². The Kier molecular flexibility index (Phi) is 6.84. The minimum Gasteiger partial charge on any atom is -0.364 e. The maximum atomic E-state index is 11.9. The van der Waals surface area contributed by atoms with Gasteiger partial charge in [-0.05, 0) is 91.1 Å². The molecule has 6 heteroatoms. The first-order valence-electron chi connectivity index (χ1n) is 11.4. The predicted molar refractivity (Wildman–Crippen MR) is 130 cm³/mol. The third-order valence-electron chi connectivity index (χ3n) is 6.38. The first-order valence-corrected chi connectivity index (χ1v) is 11.4. The monoisotopic (exact) mass is 442 g/mol. The van der Waals surface area contributed by atoms with Gasteiger partial charge in [-0.1, -0.05) is 48.5 Å². The molecule has 0 spiro atoms. The molecule has 0 unspecified atom stereocenters. The molecule has 0 atom stereocenters. The number of nitrogens with one attached hydrogen (secondary N) is 1. The van der Waals surface area contributed by atoms with Gasteiger partial charge in [0.15, 0.2) is 0 Å². The lowest BCUT2D eigenvalue weighted by Crippen LogP contribution is -2.28. The van der Waals surface area contributed by atoms with Crippen LogP contribution in [0.1, 0.15) is 56.1 Å². The topological polar surface area (TPSA) is 111 Å². The molecule has 0 bridgehead atoms. The van der Waals surface area contributed by atoms with E-state index in [1.54, 1.807) is 6.07 Å². The lowest BCUT2D eigenvalue weighted by molar-refractivity contribution is 0.0991. The molecule has 33 heavy (non-hydrogen) atoms. The van der Waals surface area contributed by atoms with Gasteiger partial charge in [0, 0.05) is 0 Å². The molecule has 1 aliphatic rings. The Balaban J connectivity index is 1.61. The second kappa shape index (κ2) is 9.96. The van der Waals surface area contributed by atoms with Crippen LogP contribution in [0.2, 0.25) is 0 Å². The highest BCUT2D eigenvalue weighted by Crippen LogP contribution is 2.28. The standard InChI is InChI=1S/C27H30N4O2/c1-17-5-6-20(15-22-7-8-24(26(28)32)31-25(22)27(29)33)16-23(17)21-4-2-3-19(14-21)13-18-9-11-30-12-10-18/h2-8,14,16,18,30H,9-13,15H2,1H3,(H2,28,32)(H2,29,33). The first-order chi connectivity index (χ1) is 15.9. The summed E-state index contributed by atoms with van der Waals surface area (Å²) >= 11 is 0. The Bertz CT molecular complexity index is 1180. The fourth-order valence-corrected chi connectivity index (χ4v) is 4.58. The van der Waals surface area contributed by atoms with E-state index in [2.05, 4.69) is 53.6 Å². The van der Waals surface area contributed by atoms with Crippen molar-refractivity contribution in [1.29, 1.82) is 0 Å². The molecule has 4 rings (SSSR count). The summed E-state index contributed by atoms with van der Waals surface area (Å²) in [5.41, 5.74) is 17.6. The Morgan fingerprint density at radius 1 is 0.970 bits per heavy atom. The van der Waals surface area contributed by atoms with Crippen LogP contribution in [0.25, 0.3) is 11.1 Å². The van der Waals surface area contributed by atoms with Crippen LogP contribution in [0.4, 0.5) is 0 Å². The summed E-state index contributed by atoms with van der Waals surface area (Å²) in [6.45, 7) is 4.32. The minimum absolute atomic E-state index is 0.0303. The van der Waals surface area contributed by atoms with Crippen molar-refractivity contribution in [2.45, 2.75) is 32.6 Å². The molecule has 5 N–H and O–H groups in total. The number of primary amides is 2. The fraction of sp³-hybridized carbons (Fsp3) is 0.296. The molecule has 3 aromatic rings. The largest absolute Gasteiger partial charge is 0.364 e. The van der Waals surface area contributed by atoms with Crippen LogP contribution in [0.5, 0.6) is 0 Å². The second-order valence-electron chi connectivity index (χ2n) is 8.86. The summed E-state index contributed by atoms with van der Waals surface area (Å²) in [6.07, 6.45) is 4.04. The highest BCUT2D eigenvalue weighted by molar-refractivity contribution is 5.96. The quantitative estimate of drug-likeness (QED) is 0.521. The lowest BCUT2D eigenvalue weighted by atomic mass is 9.89. The number of amides is 2. The summed E-state index contributed by atoms with van der Waals surface area (Å²) in [5, 5.41) is 3.43. The van der Waals surface area contributed by atoms with Gasteiger partial charge in [0.05, 0.1) is 0 Å². The van der Waals surface area contributed by atoms with Gasteiger partial charge < -0.3 is 16.8 Å². The van der Waals surface area contributed by atoms with Gasteiger partial charge in [-0.3, -0.25) is 9.59 Å². The maximum Gasteiger partial charge on any atom is 0.267 e. The predicted octanol–water partition coefficient (Wildman–Crippen LogP) is 3.39. The van der Waals surface area contributed by atoms with E-state index >= 15 is 0 Å². The van der Waals surface area contributed by atoms with Crippen LogP contribution in [-0.4, -0.2) is 29.9 Å². The number of benzene rings is 2. The van der Waals surface area contributed by atoms with Crippen molar-refractivity contribution >= 4 is 11.8 Å². The van der Waals surface area contributed by atoms with Gasteiger partial charge in [-0.2, -0.15) is 0 Å². The van der Waals surface area contributed by atoms with Crippen LogP contribution in [0.15, 0.2) is 54.6 Å². The van der Waals surface area contributed by atoms with Crippen molar-refractivity contribution in [3.05, 3.63) is 88.2 Å². The summed E-state index contributed by atoms with van der Waals surface area (Å²) in [4.78, 5) is 27.5. The van der Waals surface area contributed by atoms with E-state index in [1.807, 2.05) is 6.07 Å². The number of piperidine rings is 1. The normalized spacial score (nSPS) is 14.2. The molecule has 2 heterocycles. The van der Waals surface area contributed by atoms with Crippen LogP contribution in [0.3, 0.4) is 0 Å². The first kappa shape index (κ1) is 22.7. The summed E-state index contributed by atoms with van der Waals surface area (Å²) in [5.74, 6) is -0.630. The Hall–Kier alpha value is -3.51. The van der Waals surface area contributed by atoms with Gasteiger partial charge in [0.2, 0.25) is 0 Å².